The van der Waals surface area contributed by atoms with E-state index in [0.29, 0.717) is 12.2 Å². The molecule has 1 heterocycles. The number of carbonyl (C=O) groups is 1. The zero-order chi connectivity index (χ0) is 28.1. The number of esters is 1. The van der Waals surface area contributed by atoms with Crippen LogP contribution in [0.3, 0.4) is 0 Å². The molecule has 0 N–H and O–H groups in total. The van der Waals surface area contributed by atoms with Crippen molar-refractivity contribution in [2.24, 2.45) is 0 Å². The number of unbranched alkanes of at least 4 members (excludes halogenated alkanes) is 24. The van der Waals surface area contributed by atoms with Gasteiger partial charge in [0.15, 0.2) is 12.4 Å². The molecule has 1 aromatic rings. The summed E-state index contributed by atoms with van der Waals surface area (Å²) in [5.74, 6) is -0.180. The van der Waals surface area contributed by atoms with Gasteiger partial charge in [-0.15, -0.1) is 0 Å². The lowest BCUT2D eigenvalue weighted by atomic mass is 10.0. The monoisotopic (exact) mass is 545 g/mol. The molecule has 0 aliphatic heterocycles. The van der Waals surface area contributed by atoms with Gasteiger partial charge in [0.05, 0.1) is 12.2 Å². The summed E-state index contributed by atoms with van der Waals surface area (Å²) in [7, 11) is 0. The van der Waals surface area contributed by atoms with Gasteiger partial charge >= 0.3 is 5.97 Å². The van der Waals surface area contributed by atoms with Crippen molar-refractivity contribution in [1.29, 1.82) is 0 Å². The fourth-order valence-corrected chi connectivity index (χ4v) is 5.42. The average molecular weight is 545 g/mol. The van der Waals surface area contributed by atoms with Crippen LogP contribution in [0.2, 0.25) is 0 Å². The van der Waals surface area contributed by atoms with Gasteiger partial charge in [-0.05, 0) is 12.8 Å². The fraction of sp³-hybridized carbons (Fsp3) is 0.833. The van der Waals surface area contributed by atoms with E-state index in [4.69, 9.17) is 4.74 Å². The van der Waals surface area contributed by atoms with Crippen LogP contribution in [0.25, 0.3) is 0 Å². The third kappa shape index (κ3) is 23.1. The topological polar surface area (TPSA) is 30.2 Å². The number of aryl methyl sites for hydroxylation is 1. The molecule has 3 heteroatoms. The highest BCUT2D eigenvalue weighted by Gasteiger charge is 2.09. The summed E-state index contributed by atoms with van der Waals surface area (Å²) in [5, 5.41) is 0. The van der Waals surface area contributed by atoms with Gasteiger partial charge in [0.25, 0.3) is 0 Å². The Kier molecular flexibility index (Phi) is 25.7. The second-order valence-electron chi connectivity index (χ2n) is 11.9. The first kappa shape index (κ1) is 35.6. The highest BCUT2D eigenvalue weighted by molar-refractivity contribution is 5.88. The first-order valence-electron chi connectivity index (χ1n) is 17.4. The lowest BCUT2D eigenvalue weighted by Crippen LogP contribution is -2.32. The van der Waals surface area contributed by atoms with Crippen molar-refractivity contribution in [3.8, 4) is 0 Å². The van der Waals surface area contributed by atoms with Gasteiger partial charge in [0.2, 0.25) is 0 Å². The maximum atomic E-state index is 12.3. The van der Waals surface area contributed by atoms with Crippen molar-refractivity contribution >= 4 is 5.97 Å². The van der Waals surface area contributed by atoms with Crippen LogP contribution >= 0.6 is 0 Å². The Bertz CT molecular complexity index is 642. The van der Waals surface area contributed by atoms with Crippen molar-refractivity contribution in [3.63, 3.8) is 0 Å². The highest BCUT2D eigenvalue weighted by Crippen LogP contribution is 2.14. The van der Waals surface area contributed by atoms with Crippen molar-refractivity contribution < 1.29 is 14.1 Å². The molecule has 0 spiro atoms. The molecule has 0 saturated carbocycles. The van der Waals surface area contributed by atoms with Gasteiger partial charge in [-0.1, -0.05) is 162 Å². The molecule has 39 heavy (non-hydrogen) atoms. The summed E-state index contributed by atoms with van der Waals surface area (Å²) in [6.07, 6.45) is 39.4. The van der Waals surface area contributed by atoms with E-state index in [0.717, 1.165) is 19.4 Å². The second kappa shape index (κ2) is 28.2. The molecule has 1 aromatic heterocycles. The molecule has 0 amide bonds. The third-order valence-electron chi connectivity index (χ3n) is 8.13. The van der Waals surface area contributed by atoms with E-state index in [1.165, 1.54) is 154 Å². The SMILES string of the molecule is CCCCCCCCCCCCCCCCCC[n+]1ccc(C(=O)OCCCCCCCCCCCC)cc1. The maximum Gasteiger partial charge on any atom is 0.338 e. The van der Waals surface area contributed by atoms with Crippen molar-refractivity contribution in [3.05, 3.63) is 30.1 Å². The molecule has 0 unspecified atom stereocenters. The normalized spacial score (nSPS) is 11.2. The van der Waals surface area contributed by atoms with Gasteiger partial charge in [-0.3, -0.25) is 0 Å². The summed E-state index contributed by atoms with van der Waals surface area (Å²) in [6, 6.07) is 3.82. The summed E-state index contributed by atoms with van der Waals surface area (Å²) < 4.78 is 7.68. The summed E-state index contributed by atoms with van der Waals surface area (Å²) in [5.41, 5.74) is 0.672. The minimum atomic E-state index is -0.180. The van der Waals surface area contributed by atoms with Crippen LogP contribution in [0, 0.1) is 0 Å². The van der Waals surface area contributed by atoms with Crippen LogP contribution in [-0.2, 0) is 11.3 Å². The van der Waals surface area contributed by atoms with E-state index >= 15 is 0 Å². The quantitative estimate of drug-likeness (QED) is 0.0570. The number of nitrogens with zero attached hydrogens (tertiary/aromatic N) is 1. The standard InChI is InChI=1S/C36H66NO2/c1-3-5-7-9-11-13-15-16-17-18-19-20-21-23-25-27-31-37-32-29-35(30-33-37)36(38)39-34-28-26-24-22-14-12-10-8-6-4-2/h29-30,32-33H,3-28,31,34H2,1-2H3/q+1. The fourth-order valence-electron chi connectivity index (χ4n) is 5.42. The highest BCUT2D eigenvalue weighted by atomic mass is 16.5. The first-order chi connectivity index (χ1) is 19.3. The lowest BCUT2D eigenvalue weighted by molar-refractivity contribution is -0.697. The van der Waals surface area contributed by atoms with Crippen LogP contribution < -0.4 is 4.57 Å². The van der Waals surface area contributed by atoms with E-state index in [2.05, 4.69) is 18.4 Å². The molecule has 1 rings (SSSR count). The summed E-state index contributed by atoms with van der Waals surface area (Å²) in [6.45, 7) is 6.14. The van der Waals surface area contributed by atoms with E-state index < -0.39 is 0 Å². The second-order valence-corrected chi connectivity index (χ2v) is 11.9. The average Bonchev–Trinajstić information content (AvgIpc) is 2.96. The van der Waals surface area contributed by atoms with Gasteiger partial charge < -0.3 is 4.74 Å². The van der Waals surface area contributed by atoms with E-state index in [1.54, 1.807) is 0 Å². The third-order valence-corrected chi connectivity index (χ3v) is 8.13. The zero-order valence-corrected chi connectivity index (χ0v) is 26.4. The zero-order valence-electron chi connectivity index (χ0n) is 26.4. The molecule has 0 aromatic carbocycles. The Balaban J connectivity index is 1.90. The number of rotatable bonds is 29. The molecule has 0 radical (unpaired) electrons. The molecule has 3 nitrogen and oxygen atoms in total. The molecule has 0 aliphatic carbocycles. The van der Waals surface area contributed by atoms with Gasteiger partial charge in [-0.2, -0.15) is 0 Å². The van der Waals surface area contributed by atoms with Crippen LogP contribution in [0.15, 0.2) is 24.5 Å². The predicted molar refractivity (Wildman–Crippen MR) is 168 cm³/mol. The van der Waals surface area contributed by atoms with Crippen LogP contribution in [0.5, 0.6) is 0 Å². The minimum Gasteiger partial charge on any atom is -0.462 e. The van der Waals surface area contributed by atoms with Crippen molar-refractivity contribution in [1.82, 2.24) is 0 Å². The molecule has 0 bridgehead atoms. The molecule has 0 saturated heterocycles. The Hall–Kier alpha value is -1.38. The van der Waals surface area contributed by atoms with Crippen molar-refractivity contribution in [2.75, 3.05) is 6.61 Å². The van der Waals surface area contributed by atoms with Crippen LogP contribution in [0.4, 0.5) is 0 Å². The van der Waals surface area contributed by atoms with Crippen LogP contribution in [0.1, 0.15) is 191 Å². The first-order valence-corrected chi connectivity index (χ1v) is 17.4. The number of ether oxygens (including phenoxy) is 1. The number of aromatic nitrogens is 1. The minimum absolute atomic E-state index is 0.180. The molecular weight excluding hydrogens is 478 g/mol. The Morgan fingerprint density at radius 3 is 1.23 bits per heavy atom. The smallest absolute Gasteiger partial charge is 0.338 e. The van der Waals surface area contributed by atoms with E-state index in [9.17, 15) is 4.79 Å². The number of pyridine rings is 1. The molecule has 0 fully saturated rings. The maximum absolute atomic E-state index is 12.3. The molecule has 0 aliphatic rings. The number of hydrogen-bond acceptors (Lipinski definition) is 2. The predicted octanol–water partition coefficient (Wildman–Crippen LogP) is 11.3. The van der Waals surface area contributed by atoms with Gasteiger partial charge in [0, 0.05) is 18.6 Å². The lowest BCUT2D eigenvalue weighted by Gasteiger charge is -2.05. The molecule has 0 atom stereocenters. The number of carbonyl (C=O) groups excluding carboxylic acids is 1. The summed E-state index contributed by atoms with van der Waals surface area (Å²) >= 11 is 0. The Labute approximate surface area is 243 Å². The molecule has 226 valence electrons. The summed E-state index contributed by atoms with van der Waals surface area (Å²) in [4.78, 5) is 12.3. The molecular formula is C36H66NO2+. The Morgan fingerprint density at radius 2 is 0.846 bits per heavy atom. The Morgan fingerprint density at radius 1 is 0.513 bits per heavy atom. The van der Waals surface area contributed by atoms with Gasteiger partial charge in [-0.25, -0.2) is 9.36 Å². The van der Waals surface area contributed by atoms with E-state index in [1.807, 2.05) is 24.5 Å². The van der Waals surface area contributed by atoms with Crippen LogP contribution in [-0.4, -0.2) is 12.6 Å². The van der Waals surface area contributed by atoms with E-state index in [-0.39, 0.29) is 5.97 Å². The van der Waals surface area contributed by atoms with Gasteiger partial charge in [0.1, 0.15) is 6.54 Å². The number of hydrogen-bond donors (Lipinski definition) is 0. The largest absolute Gasteiger partial charge is 0.462 e. The van der Waals surface area contributed by atoms with Crippen molar-refractivity contribution in [2.45, 2.75) is 187 Å².